The standard InChI is InChI=1S/C15H20FN3/c1-4-7-19-10-14(11(2)18-19)13-6-5-12(9-17-3)8-15(13)16/h5-6,8,10,17H,4,7,9H2,1-3H3. The number of halogens is 1. The summed E-state index contributed by atoms with van der Waals surface area (Å²) >= 11 is 0. The molecule has 0 aliphatic carbocycles. The van der Waals surface area contributed by atoms with Crippen LogP contribution in [0.1, 0.15) is 24.6 Å². The lowest BCUT2D eigenvalue weighted by atomic mass is 10.0. The molecule has 0 aliphatic heterocycles. The second kappa shape index (κ2) is 5.97. The molecule has 1 N–H and O–H groups in total. The maximum atomic E-state index is 14.2. The zero-order chi connectivity index (χ0) is 13.8. The van der Waals surface area contributed by atoms with Gasteiger partial charge < -0.3 is 5.32 Å². The monoisotopic (exact) mass is 261 g/mol. The fraction of sp³-hybridized carbons (Fsp3) is 0.400. The Morgan fingerprint density at radius 1 is 1.32 bits per heavy atom. The first-order valence-electron chi connectivity index (χ1n) is 6.63. The summed E-state index contributed by atoms with van der Waals surface area (Å²) in [6.45, 7) is 5.55. The summed E-state index contributed by atoms with van der Waals surface area (Å²) in [5, 5.41) is 7.43. The summed E-state index contributed by atoms with van der Waals surface area (Å²) in [5.41, 5.74) is 3.32. The van der Waals surface area contributed by atoms with Gasteiger partial charge in [0, 0.05) is 30.4 Å². The number of aryl methyl sites for hydroxylation is 2. The summed E-state index contributed by atoms with van der Waals surface area (Å²) in [6.07, 6.45) is 2.94. The largest absolute Gasteiger partial charge is 0.316 e. The summed E-state index contributed by atoms with van der Waals surface area (Å²) in [7, 11) is 1.85. The van der Waals surface area contributed by atoms with Crippen molar-refractivity contribution >= 4 is 0 Å². The predicted molar refractivity (Wildman–Crippen MR) is 75.4 cm³/mol. The van der Waals surface area contributed by atoms with Crippen molar-refractivity contribution in [3.05, 3.63) is 41.5 Å². The Hall–Kier alpha value is -1.68. The van der Waals surface area contributed by atoms with Crippen LogP contribution < -0.4 is 5.32 Å². The molecule has 0 saturated carbocycles. The van der Waals surface area contributed by atoms with Gasteiger partial charge >= 0.3 is 0 Å². The number of hydrogen-bond donors (Lipinski definition) is 1. The van der Waals surface area contributed by atoms with Crippen LogP contribution in [0.2, 0.25) is 0 Å². The number of rotatable bonds is 5. The molecule has 0 aliphatic rings. The number of nitrogens with one attached hydrogen (secondary N) is 1. The number of benzene rings is 1. The molecule has 0 fully saturated rings. The lowest BCUT2D eigenvalue weighted by Crippen LogP contribution is -2.05. The minimum absolute atomic E-state index is 0.188. The van der Waals surface area contributed by atoms with Crippen molar-refractivity contribution < 1.29 is 4.39 Å². The van der Waals surface area contributed by atoms with E-state index in [4.69, 9.17) is 0 Å². The first-order chi connectivity index (χ1) is 9.15. The van der Waals surface area contributed by atoms with Crippen LogP contribution in [-0.2, 0) is 13.1 Å². The minimum atomic E-state index is -0.188. The molecule has 102 valence electrons. The number of aromatic nitrogens is 2. The summed E-state index contributed by atoms with van der Waals surface area (Å²) in [6, 6.07) is 5.37. The fourth-order valence-electron chi connectivity index (χ4n) is 2.22. The van der Waals surface area contributed by atoms with Crippen LogP contribution in [0.25, 0.3) is 11.1 Å². The van der Waals surface area contributed by atoms with E-state index in [1.807, 2.05) is 37.0 Å². The van der Waals surface area contributed by atoms with Gasteiger partial charge in [-0.3, -0.25) is 4.68 Å². The normalized spacial score (nSPS) is 10.9. The van der Waals surface area contributed by atoms with Crippen LogP contribution in [0.3, 0.4) is 0 Å². The van der Waals surface area contributed by atoms with Gasteiger partial charge in [-0.2, -0.15) is 5.10 Å². The van der Waals surface area contributed by atoms with Crippen molar-refractivity contribution in [2.75, 3.05) is 7.05 Å². The molecule has 0 saturated heterocycles. The molecule has 0 radical (unpaired) electrons. The van der Waals surface area contributed by atoms with E-state index in [0.717, 1.165) is 29.8 Å². The molecule has 4 heteroatoms. The molecule has 19 heavy (non-hydrogen) atoms. The van der Waals surface area contributed by atoms with Crippen molar-refractivity contribution in [3.63, 3.8) is 0 Å². The Morgan fingerprint density at radius 3 is 2.74 bits per heavy atom. The Labute approximate surface area is 113 Å². The minimum Gasteiger partial charge on any atom is -0.316 e. The average molecular weight is 261 g/mol. The van der Waals surface area contributed by atoms with E-state index in [-0.39, 0.29) is 5.82 Å². The topological polar surface area (TPSA) is 29.9 Å². The first-order valence-corrected chi connectivity index (χ1v) is 6.63. The highest BCUT2D eigenvalue weighted by atomic mass is 19.1. The van der Waals surface area contributed by atoms with Crippen molar-refractivity contribution in [1.82, 2.24) is 15.1 Å². The highest BCUT2D eigenvalue weighted by Gasteiger charge is 2.12. The van der Waals surface area contributed by atoms with E-state index >= 15 is 0 Å². The Bertz CT molecular complexity index is 561. The van der Waals surface area contributed by atoms with Gasteiger partial charge in [0.25, 0.3) is 0 Å². The van der Waals surface area contributed by atoms with E-state index in [2.05, 4.69) is 17.3 Å². The molecule has 1 aromatic heterocycles. The second-order valence-electron chi connectivity index (χ2n) is 4.74. The van der Waals surface area contributed by atoms with Crippen LogP contribution in [-0.4, -0.2) is 16.8 Å². The molecule has 0 atom stereocenters. The maximum Gasteiger partial charge on any atom is 0.131 e. The molecule has 2 aromatic rings. The van der Waals surface area contributed by atoms with E-state index in [0.29, 0.717) is 12.1 Å². The van der Waals surface area contributed by atoms with Crippen molar-refractivity contribution in [2.45, 2.75) is 33.4 Å². The van der Waals surface area contributed by atoms with Gasteiger partial charge in [0.15, 0.2) is 0 Å². The van der Waals surface area contributed by atoms with E-state index < -0.39 is 0 Å². The Balaban J connectivity index is 2.35. The predicted octanol–water partition coefficient (Wildman–Crippen LogP) is 3.13. The van der Waals surface area contributed by atoms with Crippen LogP contribution in [0, 0.1) is 12.7 Å². The molecule has 1 heterocycles. The molecular formula is C15H20FN3. The SMILES string of the molecule is CCCn1cc(-c2ccc(CNC)cc2F)c(C)n1. The molecule has 0 spiro atoms. The Morgan fingerprint density at radius 2 is 2.11 bits per heavy atom. The highest BCUT2D eigenvalue weighted by Crippen LogP contribution is 2.26. The van der Waals surface area contributed by atoms with Gasteiger partial charge in [0.2, 0.25) is 0 Å². The first kappa shape index (κ1) is 13.7. The smallest absolute Gasteiger partial charge is 0.131 e. The number of hydrogen-bond acceptors (Lipinski definition) is 2. The molecular weight excluding hydrogens is 241 g/mol. The third kappa shape index (κ3) is 3.01. The van der Waals surface area contributed by atoms with Gasteiger partial charge in [-0.05, 0) is 32.0 Å². The molecule has 3 nitrogen and oxygen atoms in total. The Kier molecular flexibility index (Phi) is 4.32. The van der Waals surface area contributed by atoms with E-state index in [9.17, 15) is 4.39 Å². The number of nitrogens with zero attached hydrogens (tertiary/aromatic N) is 2. The third-order valence-electron chi connectivity index (χ3n) is 3.10. The fourth-order valence-corrected chi connectivity index (χ4v) is 2.22. The van der Waals surface area contributed by atoms with Crippen molar-refractivity contribution in [2.24, 2.45) is 0 Å². The lowest BCUT2D eigenvalue weighted by Gasteiger charge is -2.05. The highest BCUT2D eigenvalue weighted by molar-refractivity contribution is 5.66. The van der Waals surface area contributed by atoms with Gasteiger partial charge in [-0.1, -0.05) is 19.1 Å². The maximum absolute atomic E-state index is 14.2. The van der Waals surface area contributed by atoms with Gasteiger partial charge in [-0.25, -0.2) is 4.39 Å². The van der Waals surface area contributed by atoms with E-state index in [1.165, 1.54) is 0 Å². The summed E-state index contributed by atoms with van der Waals surface area (Å²) < 4.78 is 16.1. The molecule has 0 amide bonds. The van der Waals surface area contributed by atoms with Gasteiger partial charge in [-0.15, -0.1) is 0 Å². The zero-order valence-electron chi connectivity index (χ0n) is 11.7. The van der Waals surface area contributed by atoms with E-state index in [1.54, 1.807) is 6.07 Å². The second-order valence-corrected chi connectivity index (χ2v) is 4.74. The molecule has 0 unspecified atom stereocenters. The molecule has 0 bridgehead atoms. The van der Waals surface area contributed by atoms with Crippen LogP contribution >= 0.6 is 0 Å². The van der Waals surface area contributed by atoms with Crippen LogP contribution in [0.15, 0.2) is 24.4 Å². The molecule has 2 rings (SSSR count). The third-order valence-corrected chi connectivity index (χ3v) is 3.10. The van der Waals surface area contributed by atoms with Crippen molar-refractivity contribution in [3.8, 4) is 11.1 Å². The quantitative estimate of drug-likeness (QED) is 0.896. The summed E-state index contributed by atoms with van der Waals surface area (Å²) in [4.78, 5) is 0. The average Bonchev–Trinajstić information content (AvgIpc) is 2.71. The van der Waals surface area contributed by atoms with Gasteiger partial charge in [0.1, 0.15) is 5.82 Å². The lowest BCUT2D eigenvalue weighted by molar-refractivity contribution is 0.598. The van der Waals surface area contributed by atoms with Crippen molar-refractivity contribution in [1.29, 1.82) is 0 Å². The van der Waals surface area contributed by atoms with Crippen LogP contribution in [0.5, 0.6) is 0 Å². The summed E-state index contributed by atoms with van der Waals surface area (Å²) in [5.74, 6) is -0.188. The zero-order valence-corrected chi connectivity index (χ0v) is 11.7. The molecule has 1 aromatic carbocycles. The van der Waals surface area contributed by atoms with Gasteiger partial charge in [0.05, 0.1) is 5.69 Å². The van der Waals surface area contributed by atoms with Crippen LogP contribution in [0.4, 0.5) is 4.39 Å².